The van der Waals surface area contributed by atoms with E-state index in [2.05, 4.69) is 0 Å². The number of morpholine rings is 1. The standard InChI is InChI=1S/C24H24Cl2N2O5/c1-32-17-5-2-15(3-6-17)22(29)20-21(18-7-4-16(25)14-19(18)26)28(24(31)23(20)30)9-8-27-10-12-33-13-11-27/h2-7,14,21,29H,8-13H2,1H3. The molecule has 2 fully saturated rings. The minimum atomic E-state index is -0.884. The van der Waals surface area contributed by atoms with Crippen LogP contribution in [0, 0.1) is 0 Å². The fourth-order valence-corrected chi connectivity index (χ4v) is 4.75. The normalized spacial score (nSPS) is 20.9. The van der Waals surface area contributed by atoms with Crippen LogP contribution in [0.25, 0.3) is 5.76 Å². The second-order valence-electron chi connectivity index (χ2n) is 7.98. The molecule has 1 amide bonds. The summed E-state index contributed by atoms with van der Waals surface area (Å²) in [6.07, 6.45) is 0. The first-order valence-electron chi connectivity index (χ1n) is 10.7. The Balaban J connectivity index is 1.76. The zero-order chi connectivity index (χ0) is 23.5. The SMILES string of the molecule is COc1ccc(C([O-])=C2C(=O)C(=O)N(CC[NH+]3CCOCC3)C2c2ccc(Cl)cc2Cl)cc1. The van der Waals surface area contributed by atoms with Crippen LogP contribution in [0.2, 0.25) is 10.0 Å². The molecule has 2 aromatic rings. The van der Waals surface area contributed by atoms with Crippen molar-refractivity contribution in [3.63, 3.8) is 0 Å². The lowest BCUT2D eigenvalue weighted by molar-refractivity contribution is -0.907. The van der Waals surface area contributed by atoms with Crippen molar-refractivity contribution in [2.45, 2.75) is 6.04 Å². The molecule has 4 rings (SSSR count). The van der Waals surface area contributed by atoms with Gasteiger partial charge in [0, 0.05) is 15.6 Å². The first-order valence-corrected chi connectivity index (χ1v) is 11.4. The fraction of sp³-hybridized carbons (Fsp3) is 0.333. The van der Waals surface area contributed by atoms with Gasteiger partial charge in [-0.2, -0.15) is 0 Å². The van der Waals surface area contributed by atoms with Gasteiger partial charge in [-0.3, -0.25) is 9.59 Å². The maximum absolute atomic E-state index is 13.4. The highest BCUT2D eigenvalue weighted by atomic mass is 35.5. The van der Waals surface area contributed by atoms with E-state index in [1.54, 1.807) is 42.5 Å². The Labute approximate surface area is 202 Å². The number of carbonyl (C=O) groups excluding carboxylic acids is 2. The number of hydrogen-bond acceptors (Lipinski definition) is 5. The van der Waals surface area contributed by atoms with E-state index in [1.807, 2.05) is 0 Å². The number of benzene rings is 2. The summed E-state index contributed by atoms with van der Waals surface area (Å²) in [5.74, 6) is -1.43. The van der Waals surface area contributed by atoms with E-state index >= 15 is 0 Å². The van der Waals surface area contributed by atoms with E-state index in [0.29, 0.717) is 53.2 Å². The topological polar surface area (TPSA) is 83.3 Å². The number of amides is 1. The van der Waals surface area contributed by atoms with E-state index in [1.165, 1.54) is 16.9 Å². The van der Waals surface area contributed by atoms with E-state index in [4.69, 9.17) is 32.7 Å². The molecule has 0 aliphatic carbocycles. The number of methoxy groups -OCH3 is 1. The smallest absolute Gasteiger partial charge is 0.295 e. The van der Waals surface area contributed by atoms with Gasteiger partial charge in [-0.25, -0.2) is 0 Å². The average Bonchev–Trinajstić information content (AvgIpc) is 3.07. The van der Waals surface area contributed by atoms with Gasteiger partial charge < -0.3 is 24.4 Å². The van der Waals surface area contributed by atoms with Crippen LogP contribution in [0.4, 0.5) is 0 Å². The molecular weight excluding hydrogens is 467 g/mol. The Morgan fingerprint density at radius 3 is 2.48 bits per heavy atom. The van der Waals surface area contributed by atoms with Gasteiger partial charge in [0.1, 0.15) is 18.8 Å². The molecule has 1 unspecified atom stereocenters. The van der Waals surface area contributed by atoms with Crippen molar-refractivity contribution in [3.8, 4) is 5.75 Å². The molecule has 2 heterocycles. The Hall–Kier alpha value is -2.58. The van der Waals surface area contributed by atoms with Crippen LogP contribution in [0.3, 0.4) is 0 Å². The Morgan fingerprint density at radius 1 is 1.15 bits per heavy atom. The van der Waals surface area contributed by atoms with Crippen LogP contribution in [0.15, 0.2) is 48.0 Å². The number of rotatable bonds is 6. The highest BCUT2D eigenvalue weighted by molar-refractivity contribution is 6.47. The summed E-state index contributed by atoms with van der Waals surface area (Å²) in [5, 5.41) is 14.2. The van der Waals surface area contributed by atoms with E-state index in [0.717, 1.165) is 13.1 Å². The Kier molecular flexibility index (Phi) is 7.24. The quantitative estimate of drug-likeness (QED) is 0.373. The van der Waals surface area contributed by atoms with Gasteiger partial charge in [-0.15, -0.1) is 0 Å². The number of nitrogens with one attached hydrogen (secondary N) is 1. The summed E-state index contributed by atoms with van der Waals surface area (Å²) in [6, 6.07) is 10.4. The number of likely N-dealkylation sites (tertiary alicyclic amines) is 1. The van der Waals surface area contributed by atoms with Crippen LogP contribution in [0.5, 0.6) is 5.75 Å². The third-order valence-electron chi connectivity index (χ3n) is 6.04. The molecule has 0 radical (unpaired) electrons. The molecule has 2 saturated heterocycles. The van der Waals surface area contributed by atoms with Crippen LogP contribution >= 0.6 is 23.2 Å². The molecule has 1 atom stereocenters. The fourth-order valence-electron chi connectivity index (χ4n) is 4.23. The molecule has 174 valence electrons. The number of halogens is 2. The largest absolute Gasteiger partial charge is 0.872 e. The summed E-state index contributed by atoms with van der Waals surface area (Å²) >= 11 is 12.5. The van der Waals surface area contributed by atoms with Gasteiger partial charge in [-0.1, -0.05) is 47.2 Å². The van der Waals surface area contributed by atoms with Crippen LogP contribution in [-0.4, -0.2) is 63.1 Å². The Bertz CT molecular complexity index is 1080. The predicted molar refractivity (Wildman–Crippen MR) is 122 cm³/mol. The van der Waals surface area contributed by atoms with Crippen molar-refractivity contribution in [2.75, 3.05) is 46.5 Å². The van der Waals surface area contributed by atoms with Crippen molar-refractivity contribution in [2.24, 2.45) is 0 Å². The van der Waals surface area contributed by atoms with Crippen molar-refractivity contribution < 1.29 is 29.1 Å². The van der Waals surface area contributed by atoms with Crippen LogP contribution < -0.4 is 14.7 Å². The summed E-state index contributed by atoms with van der Waals surface area (Å²) in [4.78, 5) is 28.9. The number of quaternary nitrogens is 1. The van der Waals surface area contributed by atoms with Crippen molar-refractivity contribution in [1.82, 2.24) is 4.90 Å². The van der Waals surface area contributed by atoms with Crippen molar-refractivity contribution in [1.29, 1.82) is 0 Å². The molecule has 7 nitrogen and oxygen atoms in total. The molecule has 33 heavy (non-hydrogen) atoms. The van der Waals surface area contributed by atoms with Crippen LogP contribution in [-0.2, 0) is 14.3 Å². The lowest BCUT2D eigenvalue weighted by Gasteiger charge is -2.30. The minimum Gasteiger partial charge on any atom is -0.872 e. The molecule has 0 spiro atoms. The lowest BCUT2D eigenvalue weighted by Crippen LogP contribution is -3.14. The zero-order valence-corrected chi connectivity index (χ0v) is 19.6. The van der Waals surface area contributed by atoms with Gasteiger partial charge in [0.05, 0.1) is 39.5 Å². The second kappa shape index (κ2) is 10.1. The lowest BCUT2D eigenvalue weighted by atomic mass is 9.95. The van der Waals surface area contributed by atoms with Crippen molar-refractivity contribution in [3.05, 3.63) is 69.2 Å². The first kappa shape index (κ1) is 23.6. The summed E-state index contributed by atoms with van der Waals surface area (Å²) in [7, 11) is 1.53. The van der Waals surface area contributed by atoms with E-state index in [9.17, 15) is 14.7 Å². The maximum Gasteiger partial charge on any atom is 0.295 e. The van der Waals surface area contributed by atoms with Gasteiger partial charge in [0.25, 0.3) is 5.91 Å². The molecule has 2 aromatic carbocycles. The maximum atomic E-state index is 13.4. The number of ketones is 1. The molecule has 0 saturated carbocycles. The number of nitrogens with zero attached hydrogens (tertiary/aromatic N) is 1. The summed E-state index contributed by atoms with van der Waals surface area (Å²) in [6.45, 7) is 3.90. The third kappa shape index (κ3) is 4.87. The van der Waals surface area contributed by atoms with Crippen LogP contribution in [0.1, 0.15) is 17.2 Å². The second-order valence-corrected chi connectivity index (χ2v) is 8.82. The molecule has 9 heteroatoms. The number of Topliss-reactive ketones (excluding diaryl/α,β-unsaturated/α-hetero) is 1. The third-order valence-corrected chi connectivity index (χ3v) is 6.61. The van der Waals surface area contributed by atoms with Crippen molar-refractivity contribution >= 4 is 40.7 Å². The molecule has 0 aromatic heterocycles. The number of ether oxygens (including phenoxy) is 2. The van der Waals surface area contributed by atoms with Gasteiger partial charge in [0.2, 0.25) is 5.78 Å². The molecule has 0 bridgehead atoms. The van der Waals surface area contributed by atoms with E-state index < -0.39 is 23.5 Å². The predicted octanol–water partition coefficient (Wildman–Crippen LogP) is 1.14. The molecule has 1 N–H and O–H groups in total. The zero-order valence-electron chi connectivity index (χ0n) is 18.1. The molecule has 2 aliphatic rings. The first-order chi connectivity index (χ1) is 15.9. The highest BCUT2D eigenvalue weighted by Crippen LogP contribution is 2.41. The number of carbonyl (C=O) groups is 2. The number of hydrogen-bond donors (Lipinski definition) is 1. The Morgan fingerprint density at radius 2 is 1.85 bits per heavy atom. The average molecular weight is 491 g/mol. The van der Waals surface area contributed by atoms with Gasteiger partial charge in [-0.05, 0) is 35.4 Å². The molecular formula is C24H24Cl2N2O5. The molecule has 2 aliphatic heterocycles. The van der Waals surface area contributed by atoms with E-state index in [-0.39, 0.29) is 5.57 Å². The van der Waals surface area contributed by atoms with Gasteiger partial charge >= 0.3 is 0 Å². The minimum absolute atomic E-state index is 0.105. The summed E-state index contributed by atoms with van der Waals surface area (Å²) < 4.78 is 10.5. The van der Waals surface area contributed by atoms with Gasteiger partial charge in [0.15, 0.2) is 0 Å². The highest BCUT2D eigenvalue weighted by Gasteiger charge is 2.45. The monoisotopic (exact) mass is 490 g/mol. The summed E-state index contributed by atoms with van der Waals surface area (Å²) in [5.41, 5.74) is 0.683.